The SMILES string of the molecule is CC(N)=C(C#N)C(=O)COC(=O)CCCSc1ccc(Cl)cc1. The number of rotatable bonds is 8. The molecule has 0 aliphatic rings. The summed E-state index contributed by atoms with van der Waals surface area (Å²) in [4.78, 5) is 24.2. The number of carbonyl (C=O) groups is 2. The van der Waals surface area contributed by atoms with Gasteiger partial charge in [-0.05, 0) is 43.4 Å². The fourth-order valence-electron chi connectivity index (χ4n) is 1.60. The number of nitrogens with zero attached hydrogens (tertiary/aromatic N) is 1. The van der Waals surface area contributed by atoms with E-state index in [0.717, 1.165) is 10.6 Å². The van der Waals surface area contributed by atoms with E-state index in [2.05, 4.69) is 0 Å². The van der Waals surface area contributed by atoms with Crippen molar-refractivity contribution in [2.75, 3.05) is 12.4 Å². The zero-order chi connectivity index (χ0) is 17.2. The Bertz CT molecular complexity index is 632. The summed E-state index contributed by atoms with van der Waals surface area (Å²) in [6.45, 7) is 0.993. The van der Waals surface area contributed by atoms with Crippen LogP contribution in [0.4, 0.5) is 0 Å². The van der Waals surface area contributed by atoms with Crippen molar-refractivity contribution in [1.82, 2.24) is 0 Å². The molecule has 0 aliphatic carbocycles. The molecule has 0 saturated heterocycles. The zero-order valence-corrected chi connectivity index (χ0v) is 14.2. The van der Waals surface area contributed by atoms with Gasteiger partial charge in [-0.15, -0.1) is 11.8 Å². The van der Waals surface area contributed by atoms with Crippen molar-refractivity contribution >= 4 is 35.1 Å². The van der Waals surface area contributed by atoms with Crippen LogP contribution in [0.1, 0.15) is 19.8 Å². The highest BCUT2D eigenvalue weighted by atomic mass is 35.5. The Morgan fingerprint density at radius 2 is 2.00 bits per heavy atom. The highest BCUT2D eigenvalue weighted by molar-refractivity contribution is 7.99. The number of ketones is 1. The van der Waals surface area contributed by atoms with E-state index in [1.165, 1.54) is 6.92 Å². The lowest BCUT2D eigenvalue weighted by atomic mass is 10.1. The van der Waals surface area contributed by atoms with Gasteiger partial charge in [-0.2, -0.15) is 5.26 Å². The van der Waals surface area contributed by atoms with E-state index in [1.807, 2.05) is 24.3 Å². The predicted octanol–water partition coefficient (Wildman–Crippen LogP) is 3.08. The van der Waals surface area contributed by atoms with Gasteiger partial charge in [-0.3, -0.25) is 9.59 Å². The Kier molecular flexibility index (Phi) is 8.23. The number of ether oxygens (including phenoxy) is 1. The number of Topliss-reactive ketones (excluding diaryl/α,β-unsaturated/α-hetero) is 1. The fraction of sp³-hybridized carbons (Fsp3) is 0.312. The highest BCUT2D eigenvalue weighted by Crippen LogP contribution is 2.21. The average molecular weight is 353 g/mol. The van der Waals surface area contributed by atoms with E-state index in [1.54, 1.807) is 17.8 Å². The van der Waals surface area contributed by atoms with Crippen molar-refractivity contribution < 1.29 is 14.3 Å². The molecule has 0 atom stereocenters. The van der Waals surface area contributed by atoms with Gasteiger partial charge in [0.25, 0.3) is 0 Å². The molecule has 0 spiro atoms. The number of nitrogens with two attached hydrogens (primary N) is 1. The number of hydrogen-bond acceptors (Lipinski definition) is 6. The first-order valence-electron chi connectivity index (χ1n) is 6.87. The van der Waals surface area contributed by atoms with Crippen LogP contribution in [-0.2, 0) is 14.3 Å². The minimum absolute atomic E-state index is 0.118. The maximum absolute atomic E-state index is 11.6. The van der Waals surface area contributed by atoms with Gasteiger partial charge in [-0.25, -0.2) is 0 Å². The molecule has 0 unspecified atom stereocenters. The molecule has 0 saturated carbocycles. The van der Waals surface area contributed by atoms with Crippen LogP contribution in [0.3, 0.4) is 0 Å². The topological polar surface area (TPSA) is 93.2 Å². The van der Waals surface area contributed by atoms with Gasteiger partial charge < -0.3 is 10.5 Å². The maximum atomic E-state index is 11.6. The molecule has 2 N–H and O–H groups in total. The van der Waals surface area contributed by atoms with Gasteiger partial charge in [0.05, 0.1) is 0 Å². The molecule has 0 bridgehead atoms. The summed E-state index contributed by atoms with van der Waals surface area (Å²) in [5.41, 5.74) is 5.35. The summed E-state index contributed by atoms with van der Waals surface area (Å²) in [6.07, 6.45) is 0.832. The normalized spacial score (nSPS) is 11.3. The Morgan fingerprint density at radius 1 is 1.35 bits per heavy atom. The second-order valence-electron chi connectivity index (χ2n) is 4.66. The number of allylic oxidation sites excluding steroid dienone is 1. The smallest absolute Gasteiger partial charge is 0.306 e. The van der Waals surface area contributed by atoms with E-state index in [4.69, 9.17) is 27.3 Å². The highest BCUT2D eigenvalue weighted by Gasteiger charge is 2.14. The molecule has 0 aromatic heterocycles. The van der Waals surface area contributed by atoms with E-state index in [-0.39, 0.29) is 17.7 Å². The Labute approximate surface area is 144 Å². The van der Waals surface area contributed by atoms with E-state index in [9.17, 15) is 9.59 Å². The number of carbonyl (C=O) groups excluding carboxylic acids is 2. The van der Waals surface area contributed by atoms with Gasteiger partial charge >= 0.3 is 5.97 Å². The second-order valence-corrected chi connectivity index (χ2v) is 6.26. The summed E-state index contributed by atoms with van der Waals surface area (Å²) in [5.74, 6) is -0.311. The summed E-state index contributed by atoms with van der Waals surface area (Å²) >= 11 is 7.41. The molecular formula is C16H17ClN2O3S. The molecule has 7 heteroatoms. The van der Waals surface area contributed by atoms with Gasteiger partial charge in [0.1, 0.15) is 11.6 Å². The first-order valence-corrected chi connectivity index (χ1v) is 8.24. The largest absolute Gasteiger partial charge is 0.457 e. The monoisotopic (exact) mass is 352 g/mol. The first kappa shape index (κ1) is 19.1. The lowest BCUT2D eigenvalue weighted by Crippen LogP contribution is -2.17. The lowest BCUT2D eigenvalue weighted by molar-refractivity contribution is -0.147. The Balaban J connectivity index is 2.25. The molecule has 0 radical (unpaired) electrons. The Hall–Kier alpha value is -1.97. The van der Waals surface area contributed by atoms with Crippen LogP contribution in [0.25, 0.3) is 0 Å². The van der Waals surface area contributed by atoms with Gasteiger partial charge in [-0.1, -0.05) is 11.6 Å². The van der Waals surface area contributed by atoms with Gasteiger partial charge in [0.2, 0.25) is 5.78 Å². The lowest BCUT2D eigenvalue weighted by Gasteiger charge is -2.05. The number of esters is 1. The van der Waals surface area contributed by atoms with Crippen LogP contribution in [0.15, 0.2) is 40.4 Å². The van der Waals surface area contributed by atoms with Gasteiger partial charge in [0, 0.05) is 22.0 Å². The third-order valence-corrected chi connectivity index (χ3v) is 4.11. The Morgan fingerprint density at radius 3 is 2.57 bits per heavy atom. The number of halogens is 1. The van der Waals surface area contributed by atoms with Crippen LogP contribution in [0.5, 0.6) is 0 Å². The molecule has 0 amide bonds. The molecule has 1 aromatic carbocycles. The minimum atomic E-state index is -0.587. The number of hydrogen-bond donors (Lipinski definition) is 1. The molecule has 0 fully saturated rings. The molecule has 5 nitrogen and oxygen atoms in total. The molecule has 122 valence electrons. The second kappa shape index (κ2) is 9.93. The third kappa shape index (κ3) is 7.22. The summed E-state index contributed by atoms with van der Waals surface area (Å²) < 4.78 is 4.85. The van der Waals surface area contributed by atoms with Crippen molar-refractivity contribution in [3.05, 3.63) is 40.6 Å². The summed E-state index contributed by atoms with van der Waals surface area (Å²) in [6, 6.07) is 9.14. The van der Waals surface area contributed by atoms with Crippen LogP contribution >= 0.6 is 23.4 Å². The zero-order valence-electron chi connectivity index (χ0n) is 12.7. The van der Waals surface area contributed by atoms with Crippen molar-refractivity contribution in [2.45, 2.75) is 24.7 Å². The van der Waals surface area contributed by atoms with Crippen LogP contribution in [0, 0.1) is 11.3 Å². The quantitative estimate of drug-likeness (QED) is 0.254. The van der Waals surface area contributed by atoms with Crippen LogP contribution in [0.2, 0.25) is 5.02 Å². The summed E-state index contributed by atoms with van der Waals surface area (Å²) in [7, 11) is 0. The van der Waals surface area contributed by atoms with Crippen molar-refractivity contribution in [1.29, 1.82) is 5.26 Å². The number of thioether (sulfide) groups is 1. The minimum Gasteiger partial charge on any atom is -0.457 e. The standard InChI is InChI=1S/C16H17ClN2O3S/c1-11(19)14(9-18)15(20)10-22-16(21)3-2-8-23-13-6-4-12(17)5-7-13/h4-7H,2-3,8,10,19H2,1H3. The third-order valence-electron chi connectivity index (χ3n) is 2.76. The van der Waals surface area contributed by atoms with Crippen molar-refractivity contribution in [2.24, 2.45) is 5.73 Å². The fourth-order valence-corrected chi connectivity index (χ4v) is 2.58. The number of benzene rings is 1. The molecule has 0 heterocycles. The van der Waals surface area contributed by atoms with Gasteiger partial charge in [0.15, 0.2) is 6.61 Å². The van der Waals surface area contributed by atoms with Crippen molar-refractivity contribution in [3.63, 3.8) is 0 Å². The molecule has 1 aromatic rings. The molecule has 0 aliphatic heterocycles. The molecule has 1 rings (SSSR count). The molecule has 23 heavy (non-hydrogen) atoms. The van der Waals surface area contributed by atoms with Crippen LogP contribution < -0.4 is 5.73 Å². The van der Waals surface area contributed by atoms with E-state index < -0.39 is 18.4 Å². The van der Waals surface area contributed by atoms with Crippen molar-refractivity contribution in [3.8, 4) is 6.07 Å². The maximum Gasteiger partial charge on any atom is 0.306 e. The predicted molar refractivity (Wildman–Crippen MR) is 89.9 cm³/mol. The summed E-state index contributed by atoms with van der Waals surface area (Å²) in [5, 5.41) is 9.45. The van der Waals surface area contributed by atoms with Crippen LogP contribution in [-0.4, -0.2) is 24.1 Å². The molecular weight excluding hydrogens is 336 g/mol. The van der Waals surface area contributed by atoms with E-state index in [0.29, 0.717) is 11.4 Å². The number of nitriles is 1. The van der Waals surface area contributed by atoms with E-state index >= 15 is 0 Å². The average Bonchev–Trinajstić information content (AvgIpc) is 2.51. The first-order chi connectivity index (χ1) is 10.9.